The van der Waals surface area contributed by atoms with Crippen LogP contribution in [0.2, 0.25) is 0 Å². The zero-order chi connectivity index (χ0) is 14.9. The van der Waals surface area contributed by atoms with E-state index in [0.29, 0.717) is 6.42 Å². The van der Waals surface area contributed by atoms with E-state index in [1.807, 2.05) is 30.3 Å². The van der Waals surface area contributed by atoms with Gasteiger partial charge >= 0.3 is 0 Å². The summed E-state index contributed by atoms with van der Waals surface area (Å²) in [6.07, 6.45) is 10.9. The van der Waals surface area contributed by atoms with E-state index in [4.69, 9.17) is 4.74 Å². The van der Waals surface area contributed by atoms with Gasteiger partial charge in [0.1, 0.15) is 11.9 Å². The predicted octanol–water partition coefficient (Wildman–Crippen LogP) is 5.14. The first-order valence-corrected chi connectivity index (χ1v) is 8.26. The number of hydrogen-bond acceptors (Lipinski definition) is 2. The molecule has 0 amide bonds. The van der Waals surface area contributed by atoms with E-state index < -0.39 is 0 Å². The Kier molecular flexibility index (Phi) is 6.52. The summed E-state index contributed by atoms with van der Waals surface area (Å²) in [6.45, 7) is 2.24. The molecule has 0 spiro atoms. The molecule has 2 heteroatoms. The largest absolute Gasteiger partial charge is 0.489 e. The van der Waals surface area contributed by atoms with Crippen LogP contribution < -0.4 is 0 Å². The maximum Gasteiger partial charge on any atom is 0.163 e. The Morgan fingerprint density at radius 2 is 1.76 bits per heavy atom. The Bertz CT molecular complexity index is 462. The summed E-state index contributed by atoms with van der Waals surface area (Å²) in [5, 5.41) is 0. The van der Waals surface area contributed by atoms with Crippen LogP contribution in [0.5, 0.6) is 0 Å². The number of allylic oxidation sites excluding steroid dienone is 1. The van der Waals surface area contributed by atoms with E-state index in [1.54, 1.807) is 6.08 Å². The van der Waals surface area contributed by atoms with Gasteiger partial charge in [-0.15, -0.1) is 0 Å². The smallest absolute Gasteiger partial charge is 0.163 e. The monoisotopic (exact) mass is 286 g/mol. The fourth-order valence-electron chi connectivity index (χ4n) is 2.75. The van der Waals surface area contributed by atoms with Crippen molar-refractivity contribution in [1.82, 2.24) is 0 Å². The van der Waals surface area contributed by atoms with Gasteiger partial charge in [-0.25, -0.2) is 0 Å². The van der Waals surface area contributed by atoms with E-state index in [2.05, 4.69) is 6.92 Å². The zero-order valence-corrected chi connectivity index (χ0v) is 13.0. The second kappa shape index (κ2) is 8.66. The summed E-state index contributed by atoms with van der Waals surface area (Å²) in [5.41, 5.74) is 0.999. The molecule has 0 saturated carbocycles. The number of carbonyl (C=O) groups excluding carboxylic acids is 1. The summed E-state index contributed by atoms with van der Waals surface area (Å²) in [5.74, 6) is 0.930. The van der Waals surface area contributed by atoms with Crippen molar-refractivity contribution in [2.75, 3.05) is 0 Å². The summed E-state index contributed by atoms with van der Waals surface area (Å²) >= 11 is 0. The first-order chi connectivity index (χ1) is 10.3. The minimum Gasteiger partial charge on any atom is -0.489 e. The molecule has 1 aliphatic heterocycles. The van der Waals surface area contributed by atoms with E-state index in [1.165, 1.54) is 32.1 Å². The third kappa shape index (κ3) is 5.37. The highest BCUT2D eigenvalue weighted by Crippen LogP contribution is 2.26. The Morgan fingerprint density at radius 1 is 1.05 bits per heavy atom. The first-order valence-electron chi connectivity index (χ1n) is 8.26. The van der Waals surface area contributed by atoms with Gasteiger partial charge in [-0.3, -0.25) is 4.79 Å². The Hall–Kier alpha value is -1.57. The first kappa shape index (κ1) is 15.8. The van der Waals surface area contributed by atoms with Crippen molar-refractivity contribution >= 4 is 11.5 Å². The number of benzene rings is 1. The van der Waals surface area contributed by atoms with Gasteiger partial charge in [0.2, 0.25) is 0 Å². The maximum absolute atomic E-state index is 11.9. The van der Waals surface area contributed by atoms with Crippen molar-refractivity contribution < 1.29 is 9.53 Å². The van der Waals surface area contributed by atoms with Crippen LogP contribution in [0.1, 0.15) is 63.9 Å². The number of hydrogen-bond donors (Lipinski definition) is 0. The molecule has 0 N–H and O–H groups in total. The van der Waals surface area contributed by atoms with Crippen molar-refractivity contribution in [2.24, 2.45) is 0 Å². The Morgan fingerprint density at radius 3 is 2.52 bits per heavy atom. The molecule has 1 aliphatic rings. The molecule has 2 rings (SSSR count). The molecule has 114 valence electrons. The van der Waals surface area contributed by atoms with E-state index >= 15 is 0 Å². The molecule has 1 aromatic rings. The predicted molar refractivity (Wildman–Crippen MR) is 86.9 cm³/mol. The normalized spacial score (nSPS) is 18.2. The molecule has 1 aromatic carbocycles. The highest BCUT2D eigenvalue weighted by molar-refractivity contribution is 5.97. The topological polar surface area (TPSA) is 26.3 Å². The summed E-state index contributed by atoms with van der Waals surface area (Å²) in [4.78, 5) is 11.9. The molecule has 0 bridgehead atoms. The molecule has 0 aliphatic carbocycles. The van der Waals surface area contributed by atoms with Crippen LogP contribution in [0.15, 0.2) is 36.4 Å². The van der Waals surface area contributed by atoms with Gasteiger partial charge in [-0.2, -0.15) is 0 Å². The van der Waals surface area contributed by atoms with Gasteiger partial charge < -0.3 is 4.74 Å². The fourth-order valence-corrected chi connectivity index (χ4v) is 2.75. The Balaban J connectivity index is 1.79. The number of rotatable bonds is 8. The minimum atomic E-state index is 0.0591. The molecule has 2 nitrogen and oxygen atoms in total. The van der Waals surface area contributed by atoms with Gasteiger partial charge in [0.15, 0.2) is 5.78 Å². The van der Waals surface area contributed by atoms with E-state index in [0.717, 1.165) is 24.2 Å². The SMILES string of the molecule is CCCCCCCCC1CC(=O)C=C(c2ccccc2)O1. The fraction of sp³-hybridized carbons (Fsp3) is 0.526. The zero-order valence-electron chi connectivity index (χ0n) is 13.0. The number of carbonyl (C=O) groups is 1. The van der Waals surface area contributed by atoms with Crippen LogP contribution in [-0.2, 0) is 9.53 Å². The molecule has 0 fully saturated rings. The highest BCUT2D eigenvalue weighted by Gasteiger charge is 2.22. The van der Waals surface area contributed by atoms with Crippen molar-refractivity contribution in [1.29, 1.82) is 0 Å². The number of unbranched alkanes of at least 4 members (excludes halogenated alkanes) is 5. The quantitative estimate of drug-likeness (QED) is 0.619. The van der Waals surface area contributed by atoms with Crippen LogP contribution in [0.3, 0.4) is 0 Å². The lowest BCUT2D eigenvalue weighted by atomic mass is 10.0. The third-order valence-corrected chi connectivity index (χ3v) is 3.95. The molecule has 0 aromatic heterocycles. The molecule has 0 radical (unpaired) electrons. The molecule has 0 saturated heterocycles. The van der Waals surface area contributed by atoms with Gasteiger partial charge in [-0.1, -0.05) is 69.4 Å². The van der Waals surface area contributed by atoms with Crippen LogP contribution in [-0.4, -0.2) is 11.9 Å². The van der Waals surface area contributed by atoms with Crippen molar-refractivity contribution in [2.45, 2.75) is 64.4 Å². The van der Waals surface area contributed by atoms with E-state index in [-0.39, 0.29) is 11.9 Å². The van der Waals surface area contributed by atoms with Gasteiger partial charge in [0, 0.05) is 18.1 Å². The van der Waals surface area contributed by atoms with Crippen molar-refractivity contribution in [3.05, 3.63) is 42.0 Å². The molecule has 1 atom stereocenters. The Labute approximate surface area is 128 Å². The van der Waals surface area contributed by atoms with E-state index in [9.17, 15) is 4.79 Å². The van der Waals surface area contributed by atoms with Crippen molar-refractivity contribution in [3.63, 3.8) is 0 Å². The van der Waals surface area contributed by atoms with Crippen LogP contribution in [0.25, 0.3) is 5.76 Å². The maximum atomic E-state index is 11.9. The lowest BCUT2D eigenvalue weighted by Crippen LogP contribution is -2.21. The number of ether oxygens (including phenoxy) is 1. The van der Waals surface area contributed by atoms with Crippen molar-refractivity contribution in [3.8, 4) is 0 Å². The van der Waals surface area contributed by atoms with Crippen LogP contribution in [0.4, 0.5) is 0 Å². The average Bonchev–Trinajstić information content (AvgIpc) is 2.51. The van der Waals surface area contributed by atoms with Crippen LogP contribution >= 0.6 is 0 Å². The van der Waals surface area contributed by atoms with Crippen LogP contribution in [0, 0.1) is 0 Å². The second-order valence-corrected chi connectivity index (χ2v) is 5.84. The second-order valence-electron chi connectivity index (χ2n) is 5.84. The molecular formula is C19H26O2. The highest BCUT2D eigenvalue weighted by atomic mass is 16.5. The average molecular weight is 286 g/mol. The summed E-state index contributed by atoms with van der Waals surface area (Å²) in [6, 6.07) is 9.91. The third-order valence-electron chi connectivity index (χ3n) is 3.95. The standard InChI is InChI=1S/C19H26O2/c1-2-3-4-5-6-10-13-18-14-17(20)15-19(21-18)16-11-8-7-9-12-16/h7-9,11-12,15,18H,2-6,10,13-14H2,1H3. The lowest BCUT2D eigenvalue weighted by Gasteiger charge is -2.24. The molecular weight excluding hydrogens is 260 g/mol. The molecule has 1 unspecified atom stereocenters. The number of ketones is 1. The molecule has 1 heterocycles. The summed E-state index contributed by atoms with van der Waals surface area (Å²) < 4.78 is 6.01. The minimum absolute atomic E-state index is 0.0591. The molecule has 21 heavy (non-hydrogen) atoms. The van der Waals surface area contributed by atoms with Gasteiger partial charge in [0.05, 0.1) is 0 Å². The van der Waals surface area contributed by atoms with Gasteiger partial charge in [-0.05, 0) is 12.8 Å². The summed E-state index contributed by atoms with van der Waals surface area (Å²) in [7, 11) is 0. The van der Waals surface area contributed by atoms with Gasteiger partial charge in [0.25, 0.3) is 0 Å². The lowest BCUT2D eigenvalue weighted by molar-refractivity contribution is -0.117.